The number of hydrogen-bond donors (Lipinski definition) is 1. The van der Waals surface area contributed by atoms with Crippen molar-refractivity contribution in [1.29, 1.82) is 0 Å². The zero-order chi connectivity index (χ0) is 29.7. The zero-order valence-electron chi connectivity index (χ0n) is 22.5. The highest BCUT2D eigenvalue weighted by Crippen LogP contribution is 2.33. The minimum absolute atomic E-state index is 0.156. The van der Waals surface area contributed by atoms with Gasteiger partial charge in [0.25, 0.3) is 5.91 Å². The Hall–Kier alpha value is -4.23. The standard InChI is InChI=1S/C29H29F4N5O4/c30-22-7-3-20(4-8-22)24-18-25(26-2-1-15-42-26)38(35-24)27(39)19-37(12-11-36-13-16-41-17-14-36)28(40)34-23-9-5-21(6-10-23)29(31,32)33/h1-10,15,25H,11-14,16-19H2,(H,34,40)/t25-/m0/s1. The molecule has 3 aromatic rings. The molecule has 13 heteroatoms. The first kappa shape index (κ1) is 29.3. The normalized spacial score (nSPS) is 17.7. The monoisotopic (exact) mass is 587 g/mol. The predicted octanol–water partition coefficient (Wildman–Crippen LogP) is 4.98. The number of urea groups is 1. The number of nitrogens with zero attached hydrogens (tertiary/aromatic N) is 4. The number of anilines is 1. The summed E-state index contributed by atoms with van der Waals surface area (Å²) in [5, 5.41) is 8.40. The van der Waals surface area contributed by atoms with Crippen molar-refractivity contribution in [2.45, 2.75) is 18.6 Å². The Morgan fingerprint density at radius 1 is 1.02 bits per heavy atom. The summed E-state index contributed by atoms with van der Waals surface area (Å²) in [6.07, 6.45) is -2.71. The first-order chi connectivity index (χ1) is 20.2. The molecule has 1 aromatic heterocycles. The van der Waals surface area contributed by atoms with Gasteiger partial charge in [0.05, 0.1) is 30.8 Å². The van der Waals surface area contributed by atoms with E-state index in [1.165, 1.54) is 28.3 Å². The van der Waals surface area contributed by atoms with Gasteiger partial charge in [0, 0.05) is 38.3 Å². The van der Waals surface area contributed by atoms with Gasteiger partial charge < -0.3 is 19.4 Å². The molecule has 0 bridgehead atoms. The Labute approximate surface area is 239 Å². The second-order valence-electron chi connectivity index (χ2n) is 9.91. The molecule has 0 radical (unpaired) electrons. The smallest absolute Gasteiger partial charge is 0.416 e. The maximum Gasteiger partial charge on any atom is 0.416 e. The lowest BCUT2D eigenvalue weighted by Crippen LogP contribution is -2.47. The van der Waals surface area contributed by atoms with E-state index < -0.39 is 35.5 Å². The SMILES string of the molecule is O=C(Nc1ccc(C(F)(F)F)cc1)N(CCN1CCOCC1)CC(=O)N1N=C(c2ccc(F)cc2)C[C@H]1c1ccco1. The van der Waals surface area contributed by atoms with E-state index in [0.717, 1.165) is 24.3 Å². The van der Waals surface area contributed by atoms with E-state index in [1.807, 2.05) is 0 Å². The van der Waals surface area contributed by atoms with E-state index >= 15 is 0 Å². The number of morpholine rings is 1. The number of benzene rings is 2. The maximum atomic E-state index is 13.7. The number of rotatable bonds is 8. The van der Waals surface area contributed by atoms with Crippen molar-refractivity contribution < 1.29 is 36.3 Å². The number of hydrazone groups is 1. The van der Waals surface area contributed by atoms with Crippen LogP contribution >= 0.6 is 0 Å². The van der Waals surface area contributed by atoms with Gasteiger partial charge in [-0.2, -0.15) is 18.3 Å². The fourth-order valence-corrected chi connectivity index (χ4v) is 4.78. The molecule has 2 aliphatic heterocycles. The molecule has 1 saturated heterocycles. The van der Waals surface area contributed by atoms with Crippen molar-refractivity contribution in [2.75, 3.05) is 51.3 Å². The Morgan fingerprint density at radius 2 is 1.74 bits per heavy atom. The van der Waals surface area contributed by atoms with Crippen molar-refractivity contribution in [3.8, 4) is 0 Å². The summed E-state index contributed by atoms with van der Waals surface area (Å²) < 4.78 is 63.4. The summed E-state index contributed by atoms with van der Waals surface area (Å²) in [7, 11) is 0. The zero-order valence-corrected chi connectivity index (χ0v) is 22.5. The van der Waals surface area contributed by atoms with Gasteiger partial charge >= 0.3 is 12.2 Å². The number of alkyl halides is 3. The van der Waals surface area contributed by atoms with Crippen molar-refractivity contribution in [3.63, 3.8) is 0 Å². The molecular weight excluding hydrogens is 558 g/mol. The topological polar surface area (TPSA) is 90.6 Å². The molecular formula is C29H29F4N5O4. The molecule has 3 heterocycles. The van der Waals surface area contributed by atoms with E-state index in [1.54, 1.807) is 24.3 Å². The van der Waals surface area contributed by atoms with E-state index in [4.69, 9.17) is 9.15 Å². The van der Waals surface area contributed by atoms with Gasteiger partial charge in [-0.15, -0.1) is 0 Å². The van der Waals surface area contributed by atoms with Crippen LogP contribution in [0.1, 0.15) is 29.3 Å². The largest absolute Gasteiger partial charge is 0.467 e. The van der Waals surface area contributed by atoms with Crippen molar-refractivity contribution in [1.82, 2.24) is 14.8 Å². The van der Waals surface area contributed by atoms with Gasteiger partial charge in [-0.25, -0.2) is 14.2 Å². The fraction of sp³-hybridized carbons (Fsp3) is 0.345. The predicted molar refractivity (Wildman–Crippen MR) is 145 cm³/mol. The van der Waals surface area contributed by atoms with Crippen LogP contribution in [0, 0.1) is 5.82 Å². The summed E-state index contributed by atoms with van der Waals surface area (Å²) in [4.78, 5) is 30.4. The lowest BCUT2D eigenvalue weighted by Gasteiger charge is -2.31. The van der Waals surface area contributed by atoms with Crippen LogP contribution in [-0.4, -0.2) is 78.4 Å². The van der Waals surface area contributed by atoms with Crippen LogP contribution in [-0.2, 0) is 15.7 Å². The van der Waals surface area contributed by atoms with Gasteiger partial charge in [0.15, 0.2) is 0 Å². The average Bonchev–Trinajstić information content (AvgIpc) is 3.67. The molecule has 2 aromatic carbocycles. The highest BCUT2D eigenvalue weighted by atomic mass is 19.4. The van der Waals surface area contributed by atoms with Crippen LogP contribution in [0.2, 0.25) is 0 Å². The molecule has 42 heavy (non-hydrogen) atoms. The summed E-state index contributed by atoms with van der Waals surface area (Å²) in [6.45, 7) is 2.72. The fourth-order valence-electron chi connectivity index (χ4n) is 4.78. The molecule has 1 N–H and O–H groups in total. The number of nitrogens with one attached hydrogen (secondary N) is 1. The third kappa shape index (κ3) is 7.15. The van der Waals surface area contributed by atoms with E-state index in [-0.39, 0.29) is 18.8 Å². The Kier molecular flexibility index (Phi) is 8.88. The number of carbonyl (C=O) groups is 2. The van der Waals surface area contributed by atoms with Gasteiger partial charge in [0.1, 0.15) is 24.2 Å². The number of amides is 3. The number of furan rings is 1. The summed E-state index contributed by atoms with van der Waals surface area (Å²) in [5.41, 5.74) is 0.516. The second-order valence-corrected chi connectivity index (χ2v) is 9.91. The number of ether oxygens (including phenoxy) is 1. The lowest BCUT2D eigenvalue weighted by atomic mass is 10.0. The molecule has 0 saturated carbocycles. The van der Waals surface area contributed by atoms with Crippen LogP contribution in [0.4, 0.5) is 28.0 Å². The minimum atomic E-state index is -4.51. The molecule has 0 unspecified atom stereocenters. The molecule has 1 fully saturated rings. The maximum absolute atomic E-state index is 13.7. The molecule has 2 aliphatic rings. The van der Waals surface area contributed by atoms with Crippen LogP contribution in [0.25, 0.3) is 0 Å². The van der Waals surface area contributed by atoms with Crippen molar-refractivity contribution in [2.24, 2.45) is 5.10 Å². The molecule has 9 nitrogen and oxygen atoms in total. The number of halogens is 4. The first-order valence-electron chi connectivity index (χ1n) is 13.4. The molecule has 1 atom stereocenters. The molecule has 222 valence electrons. The van der Waals surface area contributed by atoms with Crippen LogP contribution in [0.3, 0.4) is 0 Å². The minimum Gasteiger partial charge on any atom is -0.467 e. The first-order valence-corrected chi connectivity index (χ1v) is 13.4. The highest BCUT2D eigenvalue weighted by molar-refractivity contribution is 6.03. The second kappa shape index (κ2) is 12.7. The summed E-state index contributed by atoms with van der Waals surface area (Å²) >= 11 is 0. The third-order valence-electron chi connectivity index (χ3n) is 7.08. The third-order valence-corrected chi connectivity index (χ3v) is 7.08. The van der Waals surface area contributed by atoms with Gasteiger partial charge in [0.2, 0.25) is 0 Å². The summed E-state index contributed by atoms with van der Waals surface area (Å²) in [6, 6.07) is 12.0. The molecule has 3 amide bonds. The summed E-state index contributed by atoms with van der Waals surface area (Å²) in [5.74, 6) is -0.390. The number of hydrogen-bond acceptors (Lipinski definition) is 6. The van der Waals surface area contributed by atoms with Crippen molar-refractivity contribution >= 4 is 23.3 Å². The Balaban J connectivity index is 1.35. The van der Waals surface area contributed by atoms with Gasteiger partial charge in [-0.1, -0.05) is 12.1 Å². The van der Waals surface area contributed by atoms with Gasteiger partial charge in [-0.05, 0) is 54.1 Å². The Bertz CT molecular complexity index is 1390. The lowest BCUT2D eigenvalue weighted by molar-refractivity contribution is -0.137. The van der Waals surface area contributed by atoms with Gasteiger partial charge in [-0.3, -0.25) is 9.69 Å². The van der Waals surface area contributed by atoms with Crippen LogP contribution in [0.5, 0.6) is 0 Å². The Morgan fingerprint density at radius 3 is 2.38 bits per heavy atom. The molecule has 5 rings (SSSR count). The van der Waals surface area contributed by atoms with E-state index in [9.17, 15) is 27.2 Å². The average molecular weight is 588 g/mol. The van der Waals surface area contributed by atoms with Crippen LogP contribution < -0.4 is 5.32 Å². The van der Waals surface area contributed by atoms with E-state index in [0.29, 0.717) is 56.3 Å². The quantitative estimate of drug-likeness (QED) is 0.376. The van der Waals surface area contributed by atoms with Crippen LogP contribution in [0.15, 0.2) is 76.4 Å². The molecule has 0 spiro atoms. The van der Waals surface area contributed by atoms with Crippen molar-refractivity contribution in [3.05, 3.63) is 89.6 Å². The van der Waals surface area contributed by atoms with E-state index in [2.05, 4.69) is 15.3 Å². The molecule has 0 aliphatic carbocycles. The number of carbonyl (C=O) groups excluding carboxylic acids is 2. The highest BCUT2D eigenvalue weighted by Gasteiger charge is 2.36.